The lowest BCUT2D eigenvalue weighted by molar-refractivity contribution is 0.183. The van der Waals surface area contributed by atoms with Crippen molar-refractivity contribution in [3.8, 4) is 11.4 Å². The molecule has 0 saturated carbocycles. The smallest absolute Gasteiger partial charge is 0.258 e. The monoisotopic (exact) mass is 470 g/mol. The van der Waals surface area contributed by atoms with Crippen LogP contribution in [0.15, 0.2) is 63.6 Å². The zero-order valence-corrected chi connectivity index (χ0v) is 19.6. The number of aromatic nitrogens is 2. The van der Waals surface area contributed by atoms with Crippen molar-refractivity contribution < 1.29 is 13.7 Å². The molecule has 0 aliphatic carbocycles. The molecule has 0 spiro atoms. The van der Waals surface area contributed by atoms with Crippen LogP contribution in [-0.2, 0) is 4.74 Å². The zero-order chi connectivity index (χ0) is 22.7. The largest absolute Gasteiger partial charge is 0.383 e. The van der Waals surface area contributed by atoms with Gasteiger partial charge in [-0.25, -0.2) is 4.39 Å². The van der Waals surface area contributed by atoms with Crippen LogP contribution < -0.4 is 5.32 Å². The Morgan fingerprint density at radius 2 is 2.03 bits per heavy atom. The number of hydrogen-bond donors (Lipinski definition) is 1. The summed E-state index contributed by atoms with van der Waals surface area (Å²) in [7, 11) is 1.64. The molecular formula is C23H23FN4O2S2. The SMILES string of the molecule is COCCN1C(=S)NC(c2cccc(F)c2)C(c2nc(-c3ccc(SC)cc3)no2)=C1C. The highest BCUT2D eigenvalue weighted by molar-refractivity contribution is 7.98. The van der Waals surface area contributed by atoms with Crippen LogP contribution >= 0.6 is 24.0 Å². The summed E-state index contributed by atoms with van der Waals surface area (Å²) in [6.45, 7) is 3.00. The van der Waals surface area contributed by atoms with E-state index in [0.29, 0.717) is 30.0 Å². The molecule has 1 aliphatic heterocycles. The maximum Gasteiger partial charge on any atom is 0.258 e. The highest BCUT2D eigenvalue weighted by Gasteiger charge is 2.34. The van der Waals surface area contributed by atoms with Crippen LogP contribution in [0.4, 0.5) is 4.39 Å². The molecule has 0 amide bonds. The number of thiocarbonyl (C=S) groups is 1. The Balaban J connectivity index is 1.78. The maximum atomic E-state index is 14.0. The van der Waals surface area contributed by atoms with Crippen LogP contribution in [0.2, 0.25) is 0 Å². The van der Waals surface area contributed by atoms with Gasteiger partial charge in [-0.2, -0.15) is 4.98 Å². The first-order chi connectivity index (χ1) is 15.5. The number of hydrogen-bond acceptors (Lipinski definition) is 6. The molecule has 6 nitrogen and oxygen atoms in total. The van der Waals surface area contributed by atoms with Crippen LogP contribution in [-0.4, -0.2) is 46.7 Å². The van der Waals surface area contributed by atoms with Gasteiger partial charge in [-0.1, -0.05) is 17.3 Å². The molecule has 0 bridgehead atoms. The Hall–Kier alpha value is -2.75. The zero-order valence-electron chi connectivity index (χ0n) is 18.0. The normalized spacial score (nSPS) is 16.4. The van der Waals surface area contributed by atoms with Gasteiger partial charge in [0.25, 0.3) is 5.89 Å². The molecule has 32 heavy (non-hydrogen) atoms. The van der Waals surface area contributed by atoms with E-state index >= 15 is 0 Å². The molecular weight excluding hydrogens is 447 g/mol. The van der Waals surface area contributed by atoms with E-state index in [9.17, 15) is 4.39 Å². The first-order valence-corrected chi connectivity index (χ1v) is 11.7. The van der Waals surface area contributed by atoms with Crippen molar-refractivity contribution in [2.24, 2.45) is 0 Å². The van der Waals surface area contributed by atoms with Crippen molar-refractivity contribution >= 4 is 34.7 Å². The van der Waals surface area contributed by atoms with E-state index in [4.69, 9.17) is 21.5 Å². The number of ether oxygens (including phenoxy) is 1. The highest BCUT2D eigenvalue weighted by Crippen LogP contribution is 2.37. The average molecular weight is 471 g/mol. The molecule has 4 rings (SSSR count). The molecule has 1 atom stereocenters. The predicted octanol–water partition coefficient (Wildman–Crippen LogP) is 4.91. The van der Waals surface area contributed by atoms with Crippen LogP contribution in [0.5, 0.6) is 0 Å². The summed E-state index contributed by atoms with van der Waals surface area (Å²) < 4.78 is 25.0. The second-order valence-electron chi connectivity index (χ2n) is 7.23. The first-order valence-electron chi connectivity index (χ1n) is 10.0. The summed E-state index contributed by atoms with van der Waals surface area (Å²) in [6, 6.07) is 13.9. The van der Waals surface area contributed by atoms with Gasteiger partial charge >= 0.3 is 0 Å². The Labute approximate surface area is 195 Å². The molecule has 9 heteroatoms. The Morgan fingerprint density at radius 1 is 1.25 bits per heavy atom. The van der Waals surface area contributed by atoms with Crippen molar-refractivity contribution in [1.82, 2.24) is 20.4 Å². The molecule has 1 aliphatic rings. The summed E-state index contributed by atoms with van der Waals surface area (Å²) >= 11 is 7.27. The van der Waals surface area contributed by atoms with E-state index in [-0.39, 0.29) is 5.82 Å². The summed E-state index contributed by atoms with van der Waals surface area (Å²) in [4.78, 5) is 7.76. The molecule has 0 saturated heterocycles. The fourth-order valence-corrected chi connectivity index (χ4v) is 4.39. The summed E-state index contributed by atoms with van der Waals surface area (Å²) in [5.41, 5.74) is 3.18. The topological polar surface area (TPSA) is 63.4 Å². The van der Waals surface area contributed by atoms with Crippen molar-refractivity contribution in [2.75, 3.05) is 26.5 Å². The van der Waals surface area contributed by atoms with Crippen molar-refractivity contribution in [3.05, 3.63) is 71.5 Å². The molecule has 1 aromatic heterocycles. The molecule has 1 unspecified atom stereocenters. The summed E-state index contributed by atoms with van der Waals surface area (Å²) in [6.07, 6.45) is 2.03. The Morgan fingerprint density at radius 3 is 2.72 bits per heavy atom. The molecule has 0 fully saturated rings. The van der Waals surface area contributed by atoms with E-state index in [1.807, 2.05) is 48.4 Å². The van der Waals surface area contributed by atoms with Gasteiger partial charge in [0.1, 0.15) is 5.82 Å². The number of rotatable bonds is 7. The highest BCUT2D eigenvalue weighted by atomic mass is 32.2. The number of halogens is 1. The number of benzene rings is 2. The van der Waals surface area contributed by atoms with Gasteiger partial charge in [0.15, 0.2) is 5.11 Å². The van der Waals surface area contributed by atoms with Crippen molar-refractivity contribution in [2.45, 2.75) is 17.9 Å². The predicted molar refractivity (Wildman–Crippen MR) is 128 cm³/mol. The summed E-state index contributed by atoms with van der Waals surface area (Å²) in [5.74, 6) is 0.523. The Bertz CT molecular complexity index is 1150. The van der Waals surface area contributed by atoms with Gasteiger partial charge in [-0.05, 0) is 67.4 Å². The van der Waals surface area contributed by atoms with Gasteiger partial charge in [-0.15, -0.1) is 11.8 Å². The standard InChI is InChI=1S/C23H23FN4O2S2/c1-14-19(22-26-21(27-30-22)15-7-9-18(32-3)10-8-15)20(16-5-4-6-17(24)13-16)25-23(31)28(14)11-12-29-2/h4-10,13,20H,11-12H2,1-3H3,(H,25,31). The van der Waals surface area contributed by atoms with Gasteiger partial charge in [0.2, 0.25) is 5.82 Å². The second kappa shape index (κ2) is 9.81. The quantitative estimate of drug-likeness (QED) is 0.386. The minimum Gasteiger partial charge on any atom is -0.383 e. The Kier molecular flexibility index (Phi) is 6.88. The van der Waals surface area contributed by atoms with Crippen LogP contribution in [0.25, 0.3) is 17.0 Å². The van der Waals surface area contributed by atoms with E-state index in [1.165, 1.54) is 12.1 Å². The fourth-order valence-electron chi connectivity index (χ4n) is 3.64. The van der Waals surface area contributed by atoms with Crippen LogP contribution in [0.1, 0.15) is 24.4 Å². The number of allylic oxidation sites excluding steroid dienone is 1. The molecule has 166 valence electrons. The second-order valence-corrected chi connectivity index (χ2v) is 8.50. The third kappa shape index (κ3) is 4.55. The van der Waals surface area contributed by atoms with Crippen molar-refractivity contribution in [3.63, 3.8) is 0 Å². The van der Waals surface area contributed by atoms with Gasteiger partial charge in [0.05, 0.1) is 18.2 Å². The molecule has 0 radical (unpaired) electrons. The molecule has 3 aromatic rings. The third-order valence-corrected chi connectivity index (χ3v) is 6.38. The van der Waals surface area contributed by atoms with E-state index < -0.39 is 6.04 Å². The molecule has 2 heterocycles. The lowest BCUT2D eigenvalue weighted by Crippen LogP contribution is -2.47. The van der Waals surface area contributed by atoms with Crippen molar-refractivity contribution in [1.29, 1.82) is 0 Å². The summed E-state index contributed by atoms with van der Waals surface area (Å²) in [5, 5.41) is 8.04. The number of methoxy groups -OCH3 is 1. The molecule has 1 N–H and O–H groups in total. The average Bonchev–Trinajstić information content (AvgIpc) is 3.28. The van der Waals surface area contributed by atoms with Crippen LogP contribution in [0.3, 0.4) is 0 Å². The number of nitrogens with one attached hydrogen (secondary N) is 1. The van der Waals surface area contributed by atoms with E-state index in [0.717, 1.165) is 27.3 Å². The fraction of sp³-hybridized carbons (Fsp3) is 0.261. The van der Waals surface area contributed by atoms with E-state index in [1.54, 1.807) is 24.9 Å². The van der Waals surface area contributed by atoms with Gasteiger partial charge in [0, 0.05) is 29.8 Å². The maximum absolute atomic E-state index is 14.0. The minimum atomic E-state index is -0.427. The van der Waals surface area contributed by atoms with Gasteiger partial charge in [-0.3, -0.25) is 0 Å². The van der Waals surface area contributed by atoms with Crippen LogP contribution in [0, 0.1) is 5.82 Å². The minimum absolute atomic E-state index is 0.325. The number of nitrogens with zero attached hydrogens (tertiary/aromatic N) is 3. The first kappa shape index (κ1) is 22.4. The number of thioether (sulfide) groups is 1. The third-order valence-electron chi connectivity index (χ3n) is 5.30. The lowest BCUT2D eigenvalue weighted by Gasteiger charge is -2.37. The molecule has 2 aromatic carbocycles. The lowest BCUT2D eigenvalue weighted by atomic mass is 9.94. The van der Waals surface area contributed by atoms with Gasteiger partial charge < -0.3 is 19.5 Å². The van der Waals surface area contributed by atoms with E-state index in [2.05, 4.69) is 15.5 Å².